The predicted molar refractivity (Wildman–Crippen MR) is 82.3 cm³/mol. The molecule has 0 bridgehead atoms. The summed E-state index contributed by atoms with van der Waals surface area (Å²) < 4.78 is 10.7. The Balaban J connectivity index is 1.99. The maximum atomic E-state index is 12.1. The number of benzene rings is 1. The zero-order valence-electron chi connectivity index (χ0n) is 13.0. The van der Waals surface area contributed by atoms with Gasteiger partial charge in [0.15, 0.2) is 0 Å². The molecule has 0 N–H and O–H groups in total. The molecule has 1 aromatic rings. The van der Waals surface area contributed by atoms with Gasteiger partial charge >= 0.3 is 5.97 Å². The number of carbonyl (C=O) groups excluding carboxylic acids is 1. The van der Waals surface area contributed by atoms with Crippen LogP contribution in [-0.4, -0.2) is 36.7 Å². The van der Waals surface area contributed by atoms with Gasteiger partial charge < -0.3 is 9.47 Å². The number of likely N-dealkylation sites (tertiary alicyclic amines) is 1. The Morgan fingerprint density at radius 1 is 1.19 bits per heavy atom. The number of carbonyl (C=O) groups is 1. The number of nitrogens with zero attached hydrogens (tertiary/aromatic N) is 1. The van der Waals surface area contributed by atoms with E-state index in [0.29, 0.717) is 13.2 Å². The number of piperidine rings is 1. The Hall–Kier alpha value is -1.55. The molecule has 0 radical (unpaired) electrons. The molecule has 0 aromatic heterocycles. The van der Waals surface area contributed by atoms with Crippen LogP contribution in [0.15, 0.2) is 24.3 Å². The van der Waals surface area contributed by atoms with E-state index < -0.39 is 0 Å². The summed E-state index contributed by atoms with van der Waals surface area (Å²) in [6.07, 6.45) is 3.14. The van der Waals surface area contributed by atoms with Gasteiger partial charge in [-0.2, -0.15) is 0 Å². The fourth-order valence-corrected chi connectivity index (χ4v) is 2.78. The van der Waals surface area contributed by atoms with Gasteiger partial charge in [-0.3, -0.25) is 9.69 Å². The molecule has 1 atom stereocenters. The van der Waals surface area contributed by atoms with Crippen molar-refractivity contribution in [3.8, 4) is 5.75 Å². The summed E-state index contributed by atoms with van der Waals surface area (Å²) in [6.45, 7) is 6.71. The van der Waals surface area contributed by atoms with Gasteiger partial charge in [0.25, 0.3) is 0 Å². The van der Waals surface area contributed by atoms with Gasteiger partial charge in [0.1, 0.15) is 11.8 Å². The van der Waals surface area contributed by atoms with E-state index in [1.54, 1.807) is 0 Å². The van der Waals surface area contributed by atoms with E-state index in [1.807, 2.05) is 26.0 Å². The van der Waals surface area contributed by atoms with Crippen molar-refractivity contribution in [1.29, 1.82) is 0 Å². The number of ether oxygens (including phenoxy) is 2. The smallest absolute Gasteiger partial charge is 0.323 e. The molecule has 0 aliphatic carbocycles. The third kappa shape index (κ3) is 4.46. The van der Waals surface area contributed by atoms with E-state index in [1.165, 1.54) is 5.56 Å². The van der Waals surface area contributed by atoms with Crippen molar-refractivity contribution < 1.29 is 14.3 Å². The van der Waals surface area contributed by atoms with Crippen LogP contribution in [0.5, 0.6) is 5.75 Å². The molecule has 1 aliphatic rings. The lowest BCUT2D eigenvalue weighted by Gasteiger charge is -2.33. The molecule has 116 valence electrons. The highest BCUT2D eigenvalue weighted by Gasteiger charge is 2.29. The van der Waals surface area contributed by atoms with Gasteiger partial charge in [-0.1, -0.05) is 18.6 Å². The first-order valence-electron chi connectivity index (χ1n) is 7.87. The Morgan fingerprint density at radius 2 is 1.95 bits per heavy atom. The summed E-state index contributed by atoms with van der Waals surface area (Å²) in [5, 5.41) is 0. The maximum absolute atomic E-state index is 12.1. The molecular weight excluding hydrogens is 266 g/mol. The third-order valence-corrected chi connectivity index (χ3v) is 3.79. The van der Waals surface area contributed by atoms with Gasteiger partial charge in [-0.25, -0.2) is 0 Å². The van der Waals surface area contributed by atoms with Crippen LogP contribution in [0.3, 0.4) is 0 Å². The van der Waals surface area contributed by atoms with Gasteiger partial charge in [0, 0.05) is 6.54 Å². The molecule has 1 heterocycles. The molecule has 0 amide bonds. The monoisotopic (exact) mass is 291 g/mol. The molecule has 1 saturated heterocycles. The van der Waals surface area contributed by atoms with Crippen LogP contribution in [0.1, 0.15) is 38.7 Å². The van der Waals surface area contributed by atoms with Crippen LogP contribution in [0.4, 0.5) is 0 Å². The van der Waals surface area contributed by atoms with Crippen molar-refractivity contribution in [3.05, 3.63) is 29.8 Å². The Bertz CT molecular complexity index is 444. The van der Waals surface area contributed by atoms with Crippen molar-refractivity contribution in [1.82, 2.24) is 4.90 Å². The Morgan fingerprint density at radius 3 is 2.62 bits per heavy atom. The normalized spacial score (nSPS) is 19.2. The largest absolute Gasteiger partial charge is 0.494 e. The maximum Gasteiger partial charge on any atom is 0.323 e. The van der Waals surface area contributed by atoms with Crippen LogP contribution in [0.25, 0.3) is 0 Å². The standard InChI is InChI=1S/C17H25NO3/c1-3-20-15-10-8-14(9-11-15)13-18-12-6-5-7-16(18)17(19)21-4-2/h8-11,16H,3-7,12-13H2,1-2H3. The van der Waals surface area contributed by atoms with Crippen molar-refractivity contribution in [2.24, 2.45) is 0 Å². The highest BCUT2D eigenvalue weighted by molar-refractivity contribution is 5.75. The van der Waals surface area contributed by atoms with Crippen LogP contribution >= 0.6 is 0 Å². The lowest BCUT2D eigenvalue weighted by molar-refractivity contribution is -0.151. The average molecular weight is 291 g/mol. The van der Waals surface area contributed by atoms with Gasteiger partial charge in [0.2, 0.25) is 0 Å². The minimum absolute atomic E-state index is 0.0804. The minimum Gasteiger partial charge on any atom is -0.494 e. The van der Waals surface area contributed by atoms with E-state index in [4.69, 9.17) is 9.47 Å². The molecule has 1 unspecified atom stereocenters. The molecule has 2 rings (SSSR count). The van der Waals surface area contributed by atoms with Crippen LogP contribution in [-0.2, 0) is 16.1 Å². The zero-order valence-corrected chi connectivity index (χ0v) is 13.0. The number of rotatable bonds is 6. The molecular formula is C17H25NO3. The van der Waals surface area contributed by atoms with Gasteiger partial charge in [-0.05, 0) is 50.9 Å². The summed E-state index contributed by atoms with van der Waals surface area (Å²) in [5.41, 5.74) is 1.20. The van der Waals surface area contributed by atoms with E-state index in [-0.39, 0.29) is 12.0 Å². The molecule has 1 aromatic carbocycles. The quantitative estimate of drug-likeness (QED) is 0.755. The molecule has 0 saturated carbocycles. The summed E-state index contributed by atoms with van der Waals surface area (Å²) >= 11 is 0. The van der Waals surface area contributed by atoms with Crippen LogP contribution in [0, 0.1) is 0 Å². The second kappa shape index (κ2) is 8.03. The zero-order chi connectivity index (χ0) is 15.1. The first-order valence-corrected chi connectivity index (χ1v) is 7.87. The third-order valence-electron chi connectivity index (χ3n) is 3.79. The lowest BCUT2D eigenvalue weighted by Crippen LogP contribution is -2.44. The fourth-order valence-electron chi connectivity index (χ4n) is 2.78. The summed E-state index contributed by atoms with van der Waals surface area (Å²) in [7, 11) is 0. The highest BCUT2D eigenvalue weighted by atomic mass is 16.5. The topological polar surface area (TPSA) is 38.8 Å². The minimum atomic E-state index is -0.0923. The van der Waals surface area contributed by atoms with E-state index in [0.717, 1.165) is 38.1 Å². The van der Waals surface area contributed by atoms with E-state index in [9.17, 15) is 4.79 Å². The van der Waals surface area contributed by atoms with E-state index >= 15 is 0 Å². The lowest BCUT2D eigenvalue weighted by atomic mass is 10.0. The highest BCUT2D eigenvalue weighted by Crippen LogP contribution is 2.22. The molecule has 4 nitrogen and oxygen atoms in total. The van der Waals surface area contributed by atoms with Crippen molar-refractivity contribution in [3.63, 3.8) is 0 Å². The number of hydrogen-bond acceptors (Lipinski definition) is 4. The van der Waals surface area contributed by atoms with Crippen molar-refractivity contribution in [2.45, 2.75) is 45.7 Å². The molecule has 4 heteroatoms. The molecule has 21 heavy (non-hydrogen) atoms. The van der Waals surface area contributed by atoms with Crippen molar-refractivity contribution in [2.75, 3.05) is 19.8 Å². The van der Waals surface area contributed by atoms with Gasteiger partial charge in [-0.15, -0.1) is 0 Å². The predicted octanol–water partition coefficient (Wildman–Crippen LogP) is 3.00. The summed E-state index contributed by atoms with van der Waals surface area (Å²) in [5.74, 6) is 0.810. The fraction of sp³-hybridized carbons (Fsp3) is 0.588. The SMILES string of the molecule is CCOC(=O)C1CCCCN1Cc1ccc(OCC)cc1. The van der Waals surface area contributed by atoms with Gasteiger partial charge in [0.05, 0.1) is 13.2 Å². The van der Waals surface area contributed by atoms with E-state index in [2.05, 4.69) is 17.0 Å². The summed E-state index contributed by atoms with van der Waals surface area (Å²) in [6, 6.07) is 8.03. The molecule has 1 aliphatic heterocycles. The summed E-state index contributed by atoms with van der Waals surface area (Å²) in [4.78, 5) is 14.3. The molecule has 1 fully saturated rings. The molecule has 0 spiro atoms. The first kappa shape index (κ1) is 15.8. The van der Waals surface area contributed by atoms with Crippen molar-refractivity contribution >= 4 is 5.97 Å². The number of hydrogen-bond donors (Lipinski definition) is 0. The van der Waals surface area contributed by atoms with Crippen LogP contribution in [0.2, 0.25) is 0 Å². The second-order valence-corrected chi connectivity index (χ2v) is 5.31. The van der Waals surface area contributed by atoms with Crippen LogP contribution < -0.4 is 4.74 Å². The number of esters is 1. The Kier molecular flexibility index (Phi) is 6.05. The first-order chi connectivity index (χ1) is 10.2. The average Bonchev–Trinajstić information content (AvgIpc) is 2.50. The Labute approximate surface area is 127 Å². The second-order valence-electron chi connectivity index (χ2n) is 5.31.